The van der Waals surface area contributed by atoms with E-state index < -0.39 is 0 Å². The van der Waals surface area contributed by atoms with Crippen LogP contribution in [0.15, 0.2) is 24.3 Å². The second-order valence-electron chi connectivity index (χ2n) is 3.96. The molecule has 2 nitrogen and oxygen atoms in total. The lowest BCUT2D eigenvalue weighted by molar-refractivity contribution is 0.00740. The zero-order chi connectivity index (χ0) is 10.5. The van der Waals surface area contributed by atoms with Gasteiger partial charge in [-0.15, -0.1) is 0 Å². The Balaban J connectivity index is 1.96. The molecule has 0 bridgehead atoms. The van der Waals surface area contributed by atoms with E-state index in [1.807, 2.05) is 6.07 Å². The highest BCUT2D eigenvalue weighted by atomic mass is 16.5. The minimum atomic E-state index is 0.242. The van der Waals surface area contributed by atoms with Crippen LogP contribution in [-0.2, 0) is 11.2 Å². The molecule has 2 rings (SSSR count). The second-order valence-corrected chi connectivity index (χ2v) is 3.96. The monoisotopic (exact) mass is 206 g/mol. The molecule has 1 unspecified atom stereocenters. The summed E-state index contributed by atoms with van der Waals surface area (Å²) in [4.78, 5) is 0. The lowest BCUT2D eigenvalue weighted by Gasteiger charge is -2.23. The maximum atomic E-state index is 5.87. The molecule has 0 spiro atoms. The van der Waals surface area contributed by atoms with E-state index in [9.17, 15) is 0 Å². The van der Waals surface area contributed by atoms with Gasteiger partial charge in [0.1, 0.15) is 11.9 Å². The Hall–Kier alpha value is -1.02. The quantitative estimate of drug-likeness (QED) is 0.757. The third-order valence-electron chi connectivity index (χ3n) is 2.73. The fourth-order valence-electron chi connectivity index (χ4n) is 1.84. The van der Waals surface area contributed by atoms with Crippen molar-refractivity contribution in [2.45, 2.75) is 32.3 Å². The molecule has 1 aromatic carbocycles. The summed E-state index contributed by atoms with van der Waals surface area (Å²) in [7, 11) is 0. The number of benzene rings is 1. The van der Waals surface area contributed by atoms with Crippen molar-refractivity contribution >= 4 is 0 Å². The summed E-state index contributed by atoms with van der Waals surface area (Å²) in [6.45, 7) is 3.77. The van der Waals surface area contributed by atoms with Crippen molar-refractivity contribution in [3.63, 3.8) is 0 Å². The Labute approximate surface area is 91.2 Å². The predicted molar refractivity (Wildman–Crippen MR) is 60.3 cm³/mol. The standard InChI is InChI=1S/C13H18O2/c1-2-11-5-3-6-12(9-11)15-13-7-4-8-14-10-13/h3,5-6,9,13H,2,4,7-8,10H2,1H3. The zero-order valence-corrected chi connectivity index (χ0v) is 9.24. The summed E-state index contributed by atoms with van der Waals surface area (Å²) in [6, 6.07) is 8.32. The first-order chi connectivity index (χ1) is 7.38. The number of hydrogen-bond acceptors (Lipinski definition) is 2. The van der Waals surface area contributed by atoms with Crippen LogP contribution in [0.5, 0.6) is 5.75 Å². The van der Waals surface area contributed by atoms with Crippen molar-refractivity contribution in [2.24, 2.45) is 0 Å². The molecule has 1 aliphatic heterocycles. The molecule has 1 aliphatic rings. The molecule has 0 aromatic heterocycles. The first-order valence-electron chi connectivity index (χ1n) is 5.72. The molecule has 0 aliphatic carbocycles. The first kappa shape index (κ1) is 10.5. The molecular formula is C13H18O2. The number of rotatable bonds is 3. The summed E-state index contributed by atoms with van der Waals surface area (Å²) in [5.41, 5.74) is 1.32. The number of ether oxygens (including phenoxy) is 2. The van der Waals surface area contributed by atoms with Crippen LogP contribution in [0.25, 0.3) is 0 Å². The van der Waals surface area contributed by atoms with Gasteiger partial charge >= 0.3 is 0 Å². The molecule has 2 heteroatoms. The average molecular weight is 206 g/mol. The van der Waals surface area contributed by atoms with Gasteiger partial charge in [-0.05, 0) is 37.0 Å². The van der Waals surface area contributed by atoms with Crippen LogP contribution in [0, 0.1) is 0 Å². The minimum absolute atomic E-state index is 0.242. The largest absolute Gasteiger partial charge is 0.488 e. The molecule has 1 aromatic rings. The maximum absolute atomic E-state index is 5.87. The topological polar surface area (TPSA) is 18.5 Å². The third kappa shape index (κ3) is 2.96. The Morgan fingerprint density at radius 3 is 3.13 bits per heavy atom. The minimum Gasteiger partial charge on any atom is -0.488 e. The lowest BCUT2D eigenvalue weighted by atomic mass is 10.1. The van der Waals surface area contributed by atoms with Gasteiger partial charge in [-0.25, -0.2) is 0 Å². The van der Waals surface area contributed by atoms with Crippen molar-refractivity contribution in [1.29, 1.82) is 0 Å². The van der Waals surface area contributed by atoms with Gasteiger partial charge in [0.25, 0.3) is 0 Å². The molecule has 15 heavy (non-hydrogen) atoms. The van der Waals surface area contributed by atoms with Crippen molar-refractivity contribution in [3.8, 4) is 5.75 Å². The van der Waals surface area contributed by atoms with Gasteiger partial charge in [-0.2, -0.15) is 0 Å². The molecule has 82 valence electrons. The highest BCUT2D eigenvalue weighted by Crippen LogP contribution is 2.18. The van der Waals surface area contributed by atoms with E-state index in [1.54, 1.807) is 0 Å². The SMILES string of the molecule is CCc1cccc(OC2CCCOC2)c1. The van der Waals surface area contributed by atoms with Crippen molar-refractivity contribution in [2.75, 3.05) is 13.2 Å². The van der Waals surface area contributed by atoms with E-state index in [-0.39, 0.29) is 6.10 Å². The van der Waals surface area contributed by atoms with E-state index in [0.717, 1.165) is 38.2 Å². The van der Waals surface area contributed by atoms with Crippen LogP contribution in [0.4, 0.5) is 0 Å². The molecule has 0 saturated carbocycles. The molecule has 1 saturated heterocycles. The molecule has 1 heterocycles. The number of hydrogen-bond donors (Lipinski definition) is 0. The van der Waals surface area contributed by atoms with Gasteiger partial charge < -0.3 is 9.47 Å². The van der Waals surface area contributed by atoms with E-state index >= 15 is 0 Å². The third-order valence-corrected chi connectivity index (χ3v) is 2.73. The van der Waals surface area contributed by atoms with Gasteiger partial charge in [0, 0.05) is 6.61 Å². The Kier molecular flexibility index (Phi) is 3.62. The van der Waals surface area contributed by atoms with Crippen molar-refractivity contribution in [3.05, 3.63) is 29.8 Å². The molecule has 1 atom stereocenters. The summed E-state index contributed by atoms with van der Waals surface area (Å²) in [6.07, 6.45) is 3.51. The predicted octanol–water partition coefficient (Wildman–Crippen LogP) is 2.81. The summed E-state index contributed by atoms with van der Waals surface area (Å²) < 4.78 is 11.3. The average Bonchev–Trinajstić information content (AvgIpc) is 2.31. The smallest absolute Gasteiger partial charge is 0.122 e. The Morgan fingerprint density at radius 1 is 1.47 bits per heavy atom. The first-order valence-corrected chi connectivity index (χ1v) is 5.72. The number of aryl methyl sites for hydroxylation is 1. The summed E-state index contributed by atoms with van der Waals surface area (Å²) in [5, 5.41) is 0. The van der Waals surface area contributed by atoms with Gasteiger partial charge in [-0.3, -0.25) is 0 Å². The van der Waals surface area contributed by atoms with Crippen molar-refractivity contribution < 1.29 is 9.47 Å². The Bertz CT molecular complexity index is 303. The van der Waals surface area contributed by atoms with Crippen LogP contribution in [0.2, 0.25) is 0 Å². The van der Waals surface area contributed by atoms with Crippen LogP contribution in [0.1, 0.15) is 25.3 Å². The summed E-state index contributed by atoms with van der Waals surface area (Å²) in [5.74, 6) is 0.977. The fourth-order valence-corrected chi connectivity index (χ4v) is 1.84. The van der Waals surface area contributed by atoms with Crippen molar-refractivity contribution in [1.82, 2.24) is 0 Å². The van der Waals surface area contributed by atoms with E-state index in [1.165, 1.54) is 5.56 Å². The molecule has 0 N–H and O–H groups in total. The maximum Gasteiger partial charge on any atom is 0.122 e. The van der Waals surface area contributed by atoms with Crippen LogP contribution in [-0.4, -0.2) is 19.3 Å². The molecule has 0 radical (unpaired) electrons. The summed E-state index contributed by atoms with van der Waals surface area (Å²) >= 11 is 0. The van der Waals surface area contributed by atoms with Crippen LogP contribution >= 0.6 is 0 Å². The van der Waals surface area contributed by atoms with Crippen LogP contribution < -0.4 is 4.74 Å². The molecular weight excluding hydrogens is 188 g/mol. The van der Waals surface area contributed by atoms with Gasteiger partial charge in [-0.1, -0.05) is 19.1 Å². The van der Waals surface area contributed by atoms with Gasteiger partial charge in [0.2, 0.25) is 0 Å². The normalized spacial score (nSPS) is 21.3. The molecule has 0 amide bonds. The Morgan fingerprint density at radius 2 is 2.40 bits per heavy atom. The second kappa shape index (κ2) is 5.17. The van der Waals surface area contributed by atoms with E-state index in [4.69, 9.17) is 9.47 Å². The highest BCUT2D eigenvalue weighted by molar-refractivity contribution is 5.28. The lowest BCUT2D eigenvalue weighted by Crippen LogP contribution is -2.27. The zero-order valence-electron chi connectivity index (χ0n) is 9.24. The molecule has 1 fully saturated rings. The van der Waals surface area contributed by atoms with E-state index in [2.05, 4.69) is 25.1 Å². The highest BCUT2D eigenvalue weighted by Gasteiger charge is 2.15. The van der Waals surface area contributed by atoms with Crippen LogP contribution in [0.3, 0.4) is 0 Å². The fraction of sp³-hybridized carbons (Fsp3) is 0.538. The van der Waals surface area contributed by atoms with Gasteiger partial charge in [0.05, 0.1) is 6.61 Å². The van der Waals surface area contributed by atoms with E-state index in [0.29, 0.717) is 0 Å². The van der Waals surface area contributed by atoms with Gasteiger partial charge in [0.15, 0.2) is 0 Å².